The highest BCUT2D eigenvalue weighted by Gasteiger charge is 2.32. The van der Waals surface area contributed by atoms with E-state index in [-0.39, 0.29) is 6.10 Å². The predicted molar refractivity (Wildman–Crippen MR) is 77.2 cm³/mol. The van der Waals surface area contributed by atoms with Gasteiger partial charge >= 0.3 is 0 Å². The highest BCUT2D eigenvalue weighted by molar-refractivity contribution is 5.18. The number of nitrogens with one attached hydrogen (secondary N) is 1. The van der Waals surface area contributed by atoms with Crippen LogP contribution in [0.3, 0.4) is 0 Å². The molecule has 106 valence electrons. The van der Waals surface area contributed by atoms with E-state index in [9.17, 15) is 0 Å². The molecule has 2 rings (SSSR count). The summed E-state index contributed by atoms with van der Waals surface area (Å²) in [6.07, 6.45) is 1.32. The van der Waals surface area contributed by atoms with Gasteiger partial charge in [0.25, 0.3) is 0 Å². The van der Waals surface area contributed by atoms with Gasteiger partial charge in [0.2, 0.25) is 0 Å². The van der Waals surface area contributed by atoms with Crippen LogP contribution in [0.15, 0.2) is 30.3 Å². The summed E-state index contributed by atoms with van der Waals surface area (Å²) in [5.74, 6) is 0.176. The van der Waals surface area contributed by atoms with E-state index in [4.69, 9.17) is 9.47 Å². The van der Waals surface area contributed by atoms with Gasteiger partial charge in [-0.15, -0.1) is 0 Å². The second kappa shape index (κ2) is 6.51. The van der Waals surface area contributed by atoms with Crippen LogP contribution in [-0.4, -0.2) is 31.6 Å². The van der Waals surface area contributed by atoms with Crippen LogP contribution in [0, 0.1) is 0 Å². The maximum Gasteiger partial charge on any atom is 0.163 e. The van der Waals surface area contributed by atoms with Crippen LogP contribution in [-0.2, 0) is 9.47 Å². The van der Waals surface area contributed by atoms with Crippen molar-refractivity contribution in [1.29, 1.82) is 0 Å². The Hall–Kier alpha value is -0.900. The first-order valence-electron chi connectivity index (χ1n) is 7.14. The van der Waals surface area contributed by atoms with Gasteiger partial charge in [-0.3, -0.25) is 0 Å². The SMILES string of the molecule is CC(CCNCC1COC(C)(C)O1)c1ccccc1. The highest BCUT2D eigenvalue weighted by atomic mass is 16.7. The molecule has 1 aliphatic heterocycles. The minimum atomic E-state index is -0.413. The largest absolute Gasteiger partial charge is 0.348 e. The molecule has 1 aliphatic rings. The van der Waals surface area contributed by atoms with Crippen molar-refractivity contribution in [3.63, 3.8) is 0 Å². The average molecular weight is 263 g/mol. The van der Waals surface area contributed by atoms with Crippen molar-refractivity contribution in [2.75, 3.05) is 19.7 Å². The molecule has 0 aromatic heterocycles. The van der Waals surface area contributed by atoms with Crippen molar-refractivity contribution in [2.45, 2.75) is 45.0 Å². The van der Waals surface area contributed by atoms with E-state index < -0.39 is 5.79 Å². The van der Waals surface area contributed by atoms with E-state index in [1.807, 2.05) is 13.8 Å². The van der Waals surface area contributed by atoms with Gasteiger partial charge in [-0.25, -0.2) is 0 Å². The molecule has 2 unspecified atom stereocenters. The molecule has 0 aliphatic carbocycles. The third kappa shape index (κ3) is 4.60. The molecule has 1 aromatic rings. The second-order valence-corrected chi connectivity index (χ2v) is 5.76. The quantitative estimate of drug-likeness (QED) is 0.801. The zero-order valence-electron chi connectivity index (χ0n) is 12.2. The monoisotopic (exact) mass is 263 g/mol. The molecule has 1 heterocycles. The summed E-state index contributed by atoms with van der Waals surface area (Å²) in [5.41, 5.74) is 1.41. The molecule has 19 heavy (non-hydrogen) atoms. The van der Waals surface area contributed by atoms with Crippen LogP contribution in [0.5, 0.6) is 0 Å². The lowest BCUT2D eigenvalue weighted by molar-refractivity contribution is -0.137. The topological polar surface area (TPSA) is 30.5 Å². The minimum absolute atomic E-state index is 0.182. The third-order valence-electron chi connectivity index (χ3n) is 3.56. The molecule has 1 saturated heterocycles. The van der Waals surface area contributed by atoms with Crippen LogP contribution in [0.2, 0.25) is 0 Å². The summed E-state index contributed by atoms with van der Waals surface area (Å²) in [6.45, 7) is 8.76. The molecule has 3 nitrogen and oxygen atoms in total. The fourth-order valence-corrected chi connectivity index (χ4v) is 2.39. The van der Waals surface area contributed by atoms with Gasteiger partial charge in [0, 0.05) is 6.54 Å². The molecule has 2 atom stereocenters. The Labute approximate surface area is 116 Å². The Morgan fingerprint density at radius 3 is 2.68 bits per heavy atom. The fraction of sp³-hybridized carbons (Fsp3) is 0.625. The normalized spacial score (nSPS) is 23.4. The number of ether oxygens (including phenoxy) is 2. The van der Waals surface area contributed by atoms with Gasteiger partial charge in [-0.2, -0.15) is 0 Å². The number of hydrogen-bond donors (Lipinski definition) is 1. The van der Waals surface area contributed by atoms with Gasteiger partial charge in [0.05, 0.1) is 12.7 Å². The molecule has 3 heteroatoms. The summed E-state index contributed by atoms with van der Waals surface area (Å²) in [4.78, 5) is 0. The van der Waals surface area contributed by atoms with Crippen molar-refractivity contribution in [2.24, 2.45) is 0 Å². The Morgan fingerprint density at radius 2 is 2.05 bits per heavy atom. The Balaban J connectivity index is 1.62. The molecule has 1 fully saturated rings. The smallest absolute Gasteiger partial charge is 0.163 e. The first kappa shape index (κ1) is 14.5. The van der Waals surface area contributed by atoms with Crippen molar-refractivity contribution >= 4 is 0 Å². The lowest BCUT2D eigenvalue weighted by Gasteiger charge is -2.17. The van der Waals surface area contributed by atoms with Crippen LogP contribution < -0.4 is 5.32 Å². The van der Waals surface area contributed by atoms with Gasteiger partial charge in [-0.05, 0) is 38.3 Å². The molecular weight excluding hydrogens is 238 g/mol. The predicted octanol–water partition coefficient (Wildman–Crippen LogP) is 2.92. The van der Waals surface area contributed by atoms with E-state index in [0.717, 1.165) is 19.5 Å². The molecule has 0 spiro atoms. The summed E-state index contributed by atoms with van der Waals surface area (Å²) in [6, 6.07) is 10.7. The van der Waals surface area contributed by atoms with Crippen LogP contribution in [0.25, 0.3) is 0 Å². The summed E-state index contributed by atoms with van der Waals surface area (Å²) in [5, 5.41) is 3.46. The lowest BCUT2D eigenvalue weighted by Crippen LogP contribution is -2.31. The first-order valence-corrected chi connectivity index (χ1v) is 7.14. The molecule has 1 aromatic carbocycles. The van der Waals surface area contributed by atoms with Crippen LogP contribution >= 0.6 is 0 Å². The molecule has 1 N–H and O–H groups in total. The third-order valence-corrected chi connectivity index (χ3v) is 3.56. The fourth-order valence-electron chi connectivity index (χ4n) is 2.39. The van der Waals surface area contributed by atoms with E-state index in [0.29, 0.717) is 12.5 Å². The first-order chi connectivity index (χ1) is 9.07. The van der Waals surface area contributed by atoms with Crippen molar-refractivity contribution < 1.29 is 9.47 Å². The Bertz CT molecular complexity index is 378. The zero-order valence-corrected chi connectivity index (χ0v) is 12.2. The zero-order chi connectivity index (χ0) is 13.7. The Kier molecular flexibility index (Phi) is 4.97. The number of benzene rings is 1. The van der Waals surface area contributed by atoms with Gasteiger partial charge in [0.15, 0.2) is 5.79 Å². The molecule has 0 amide bonds. The molecular formula is C16H25NO2. The van der Waals surface area contributed by atoms with Crippen molar-refractivity contribution in [3.8, 4) is 0 Å². The van der Waals surface area contributed by atoms with E-state index >= 15 is 0 Å². The highest BCUT2D eigenvalue weighted by Crippen LogP contribution is 2.22. The Morgan fingerprint density at radius 1 is 1.32 bits per heavy atom. The minimum Gasteiger partial charge on any atom is -0.348 e. The average Bonchev–Trinajstić information content (AvgIpc) is 2.75. The van der Waals surface area contributed by atoms with E-state index in [2.05, 4.69) is 42.6 Å². The van der Waals surface area contributed by atoms with E-state index in [1.54, 1.807) is 0 Å². The second-order valence-electron chi connectivity index (χ2n) is 5.76. The summed E-state index contributed by atoms with van der Waals surface area (Å²) >= 11 is 0. The van der Waals surface area contributed by atoms with Crippen LogP contribution in [0.1, 0.15) is 38.7 Å². The summed E-state index contributed by atoms with van der Waals surface area (Å²) in [7, 11) is 0. The van der Waals surface area contributed by atoms with Crippen LogP contribution in [0.4, 0.5) is 0 Å². The summed E-state index contributed by atoms with van der Waals surface area (Å²) < 4.78 is 11.3. The van der Waals surface area contributed by atoms with Gasteiger partial charge < -0.3 is 14.8 Å². The number of hydrogen-bond acceptors (Lipinski definition) is 3. The molecule has 0 bridgehead atoms. The van der Waals surface area contributed by atoms with Gasteiger partial charge in [-0.1, -0.05) is 37.3 Å². The molecule has 0 saturated carbocycles. The lowest BCUT2D eigenvalue weighted by atomic mass is 9.98. The van der Waals surface area contributed by atoms with E-state index in [1.165, 1.54) is 5.56 Å². The number of rotatable bonds is 6. The van der Waals surface area contributed by atoms with Crippen molar-refractivity contribution in [3.05, 3.63) is 35.9 Å². The maximum atomic E-state index is 5.76. The molecule has 0 radical (unpaired) electrons. The van der Waals surface area contributed by atoms with Gasteiger partial charge in [0.1, 0.15) is 0 Å². The standard InChI is InChI=1S/C16H25NO2/c1-13(14-7-5-4-6-8-14)9-10-17-11-15-12-18-16(2,3)19-15/h4-8,13,15,17H,9-12H2,1-3H3. The van der Waals surface area contributed by atoms with Crippen molar-refractivity contribution in [1.82, 2.24) is 5.32 Å². The maximum absolute atomic E-state index is 5.76.